The molecule has 1 aliphatic heterocycles. The number of carbonyl (C=O) groups excluding carboxylic acids is 1. The Morgan fingerprint density at radius 3 is 2.83 bits per heavy atom. The summed E-state index contributed by atoms with van der Waals surface area (Å²) in [5.41, 5.74) is 0.368. The number of hydrogen-bond donors (Lipinski definition) is 2. The molecule has 1 aromatic carbocycles. The summed E-state index contributed by atoms with van der Waals surface area (Å²) in [6.45, 7) is 0.638. The normalized spacial score (nSPS) is 19.1. The van der Waals surface area contributed by atoms with E-state index in [0.717, 1.165) is 25.3 Å². The summed E-state index contributed by atoms with van der Waals surface area (Å²) in [4.78, 5) is 23.1. The molecule has 1 saturated heterocycles. The van der Waals surface area contributed by atoms with Crippen LogP contribution >= 0.6 is 11.6 Å². The molecule has 0 saturated carbocycles. The Morgan fingerprint density at radius 1 is 1.43 bits per heavy atom. The maximum Gasteiger partial charge on any atom is 0.305 e. The van der Waals surface area contributed by atoms with E-state index < -0.39 is 17.8 Å². The zero-order chi connectivity index (χ0) is 16.8. The van der Waals surface area contributed by atoms with Crippen molar-refractivity contribution in [3.63, 3.8) is 0 Å². The molecule has 2 N–H and O–H groups in total. The molecule has 23 heavy (non-hydrogen) atoms. The molecule has 0 aromatic heterocycles. The average molecular weight is 344 g/mol. The lowest BCUT2D eigenvalue weighted by Crippen LogP contribution is -2.34. The molecule has 1 aliphatic rings. The number of carboxylic acid groups (broad SMARTS) is 1. The molecule has 2 unspecified atom stereocenters. The highest BCUT2D eigenvalue weighted by Crippen LogP contribution is 2.23. The van der Waals surface area contributed by atoms with Crippen LogP contribution < -0.4 is 5.32 Å². The van der Waals surface area contributed by atoms with Gasteiger partial charge in [0.05, 0.1) is 30.0 Å². The number of carbonyl (C=O) groups is 2. The third kappa shape index (κ3) is 5.48. The van der Waals surface area contributed by atoms with Gasteiger partial charge < -0.3 is 15.2 Å². The molecule has 2 atom stereocenters. The van der Waals surface area contributed by atoms with Crippen LogP contribution in [0.5, 0.6) is 0 Å². The van der Waals surface area contributed by atoms with Gasteiger partial charge >= 0.3 is 5.97 Å². The van der Waals surface area contributed by atoms with Gasteiger partial charge in [-0.15, -0.1) is 0 Å². The van der Waals surface area contributed by atoms with Crippen molar-refractivity contribution in [2.75, 3.05) is 6.61 Å². The van der Waals surface area contributed by atoms with Crippen LogP contribution in [0.3, 0.4) is 0 Å². The molecule has 1 fully saturated rings. The van der Waals surface area contributed by atoms with E-state index in [-0.39, 0.29) is 29.9 Å². The topological polar surface area (TPSA) is 75.6 Å². The number of halogens is 2. The number of benzene rings is 1. The van der Waals surface area contributed by atoms with E-state index in [1.54, 1.807) is 0 Å². The van der Waals surface area contributed by atoms with Crippen LogP contribution in [0.1, 0.15) is 43.7 Å². The summed E-state index contributed by atoms with van der Waals surface area (Å²) >= 11 is 5.63. The molecular formula is C16H19ClFNO4. The van der Waals surface area contributed by atoms with Crippen LogP contribution in [-0.2, 0) is 14.3 Å². The Balaban J connectivity index is 2.03. The van der Waals surface area contributed by atoms with E-state index in [1.165, 1.54) is 12.1 Å². The van der Waals surface area contributed by atoms with Crippen molar-refractivity contribution in [1.82, 2.24) is 5.32 Å². The molecule has 7 heteroatoms. The number of rotatable bonds is 6. The first-order chi connectivity index (χ1) is 11.0. The fourth-order valence-electron chi connectivity index (χ4n) is 2.58. The molecular weight excluding hydrogens is 325 g/mol. The van der Waals surface area contributed by atoms with Crippen LogP contribution in [0.25, 0.3) is 0 Å². The predicted octanol–water partition coefficient (Wildman–Crippen LogP) is 3.07. The summed E-state index contributed by atoms with van der Waals surface area (Å²) in [5, 5.41) is 11.6. The molecule has 2 rings (SSSR count). The van der Waals surface area contributed by atoms with Crippen molar-refractivity contribution < 1.29 is 23.8 Å². The zero-order valence-electron chi connectivity index (χ0n) is 12.6. The van der Waals surface area contributed by atoms with Crippen LogP contribution in [0.4, 0.5) is 4.39 Å². The van der Waals surface area contributed by atoms with E-state index in [0.29, 0.717) is 12.2 Å². The predicted molar refractivity (Wildman–Crippen MR) is 82.8 cm³/mol. The molecule has 0 radical (unpaired) electrons. The summed E-state index contributed by atoms with van der Waals surface area (Å²) < 4.78 is 19.1. The minimum absolute atomic E-state index is 0.0512. The first-order valence-electron chi connectivity index (χ1n) is 7.53. The SMILES string of the molecule is O=C(O)CC(NC(=O)CC1CCCCO1)c1ccc(Cl)c(F)c1. The number of aliphatic carboxylic acids is 1. The highest BCUT2D eigenvalue weighted by molar-refractivity contribution is 6.30. The van der Waals surface area contributed by atoms with Crippen molar-refractivity contribution in [2.24, 2.45) is 0 Å². The Kier molecular flexibility index (Phi) is 6.36. The molecule has 0 aliphatic carbocycles. The zero-order valence-corrected chi connectivity index (χ0v) is 13.3. The van der Waals surface area contributed by atoms with Crippen molar-refractivity contribution in [3.05, 3.63) is 34.6 Å². The van der Waals surface area contributed by atoms with E-state index in [1.807, 2.05) is 0 Å². The lowest BCUT2D eigenvalue weighted by Gasteiger charge is -2.24. The van der Waals surface area contributed by atoms with Crippen LogP contribution in [-0.4, -0.2) is 29.7 Å². The minimum Gasteiger partial charge on any atom is -0.481 e. The second-order valence-electron chi connectivity index (χ2n) is 5.58. The van der Waals surface area contributed by atoms with Gasteiger partial charge in [-0.25, -0.2) is 4.39 Å². The molecule has 126 valence electrons. The van der Waals surface area contributed by atoms with Gasteiger partial charge in [-0.1, -0.05) is 17.7 Å². The number of nitrogens with one attached hydrogen (secondary N) is 1. The highest BCUT2D eigenvalue weighted by Gasteiger charge is 2.22. The van der Waals surface area contributed by atoms with Gasteiger partial charge in [0.2, 0.25) is 5.91 Å². The van der Waals surface area contributed by atoms with Crippen molar-refractivity contribution in [1.29, 1.82) is 0 Å². The standard InChI is InChI=1S/C16H19ClFNO4/c17-12-5-4-10(7-13(12)18)14(9-16(21)22)19-15(20)8-11-3-1-2-6-23-11/h4-5,7,11,14H,1-3,6,8-9H2,(H,19,20)(H,21,22). The van der Waals surface area contributed by atoms with Crippen LogP contribution in [0, 0.1) is 5.82 Å². The molecule has 5 nitrogen and oxygen atoms in total. The lowest BCUT2D eigenvalue weighted by atomic mass is 10.0. The molecule has 0 spiro atoms. The third-order valence-electron chi connectivity index (χ3n) is 3.75. The van der Waals surface area contributed by atoms with E-state index in [2.05, 4.69) is 5.32 Å². The molecule has 1 amide bonds. The monoisotopic (exact) mass is 343 g/mol. The van der Waals surface area contributed by atoms with Gasteiger partial charge in [0.25, 0.3) is 0 Å². The van der Waals surface area contributed by atoms with E-state index >= 15 is 0 Å². The van der Waals surface area contributed by atoms with Gasteiger partial charge in [-0.2, -0.15) is 0 Å². The maximum absolute atomic E-state index is 13.6. The maximum atomic E-state index is 13.6. The van der Waals surface area contributed by atoms with E-state index in [9.17, 15) is 14.0 Å². The first kappa shape index (κ1) is 17.7. The Labute approximate surface area is 138 Å². The van der Waals surface area contributed by atoms with E-state index in [4.69, 9.17) is 21.4 Å². The number of amides is 1. The van der Waals surface area contributed by atoms with Gasteiger partial charge in [0, 0.05) is 6.61 Å². The summed E-state index contributed by atoms with van der Waals surface area (Å²) in [5.74, 6) is -2.04. The second kappa shape index (κ2) is 8.26. The second-order valence-corrected chi connectivity index (χ2v) is 5.99. The Hall–Kier alpha value is -1.66. The number of hydrogen-bond acceptors (Lipinski definition) is 3. The molecule has 0 bridgehead atoms. The van der Waals surface area contributed by atoms with Crippen molar-refractivity contribution in [3.8, 4) is 0 Å². The van der Waals surface area contributed by atoms with Gasteiger partial charge in [-0.05, 0) is 37.0 Å². The van der Waals surface area contributed by atoms with Crippen LogP contribution in [0.15, 0.2) is 18.2 Å². The van der Waals surface area contributed by atoms with Gasteiger partial charge in [0.1, 0.15) is 5.82 Å². The fraction of sp³-hybridized carbons (Fsp3) is 0.500. The highest BCUT2D eigenvalue weighted by atomic mass is 35.5. The Bertz CT molecular complexity index is 575. The lowest BCUT2D eigenvalue weighted by molar-refractivity contribution is -0.137. The Morgan fingerprint density at radius 2 is 2.22 bits per heavy atom. The minimum atomic E-state index is -1.08. The van der Waals surface area contributed by atoms with Crippen LogP contribution in [0.2, 0.25) is 5.02 Å². The third-order valence-corrected chi connectivity index (χ3v) is 4.05. The fourth-order valence-corrected chi connectivity index (χ4v) is 2.70. The quantitative estimate of drug-likeness (QED) is 0.832. The number of carboxylic acids is 1. The summed E-state index contributed by atoms with van der Waals surface area (Å²) in [7, 11) is 0. The average Bonchev–Trinajstić information content (AvgIpc) is 2.50. The first-order valence-corrected chi connectivity index (χ1v) is 7.91. The number of ether oxygens (including phenoxy) is 1. The largest absolute Gasteiger partial charge is 0.481 e. The smallest absolute Gasteiger partial charge is 0.305 e. The van der Waals surface area contributed by atoms with Gasteiger partial charge in [-0.3, -0.25) is 9.59 Å². The van der Waals surface area contributed by atoms with Gasteiger partial charge in [0.15, 0.2) is 0 Å². The van der Waals surface area contributed by atoms with Crippen molar-refractivity contribution in [2.45, 2.75) is 44.2 Å². The van der Waals surface area contributed by atoms with Crippen molar-refractivity contribution >= 4 is 23.5 Å². The molecule has 1 aromatic rings. The summed E-state index contributed by atoms with van der Waals surface area (Å²) in [6.07, 6.45) is 2.51. The summed E-state index contributed by atoms with van der Waals surface area (Å²) in [6, 6.07) is 3.19. The molecule has 1 heterocycles.